The number of benzene rings is 2. The molecule has 2 fully saturated rings. The third-order valence-corrected chi connectivity index (χ3v) is 6.16. The van der Waals surface area contributed by atoms with E-state index in [1.54, 1.807) is 0 Å². The van der Waals surface area contributed by atoms with Gasteiger partial charge >= 0.3 is 0 Å². The van der Waals surface area contributed by atoms with E-state index >= 15 is 0 Å². The summed E-state index contributed by atoms with van der Waals surface area (Å²) in [5, 5.41) is 0. The Hall–Kier alpha value is -2.82. The largest absolute Gasteiger partial charge is 0.370 e. The highest BCUT2D eigenvalue weighted by atomic mass is 16.2. The molecular weight excluding hydrogens is 348 g/mol. The number of rotatable bonds is 3. The average Bonchev–Trinajstić information content (AvgIpc) is 3.05. The smallest absolute Gasteiger partial charge is 0.229 e. The second-order valence-corrected chi connectivity index (χ2v) is 8.02. The van der Waals surface area contributed by atoms with Crippen molar-refractivity contribution in [2.24, 2.45) is 13.0 Å². The van der Waals surface area contributed by atoms with Crippen molar-refractivity contribution >= 4 is 22.6 Å². The molecule has 144 valence electrons. The molecule has 0 atom stereocenters. The molecule has 0 bridgehead atoms. The van der Waals surface area contributed by atoms with E-state index in [4.69, 9.17) is 4.98 Å². The van der Waals surface area contributed by atoms with Crippen molar-refractivity contribution in [2.45, 2.75) is 19.3 Å². The first-order valence-corrected chi connectivity index (χ1v) is 10.3. The van der Waals surface area contributed by atoms with E-state index in [-0.39, 0.29) is 5.92 Å². The summed E-state index contributed by atoms with van der Waals surface area (Å²) in [7, 11) is 2.06. The van der Waals surface area contributed by atoms with E-state index in [2.05, 4.69) is 57.8 Å². The van der Waals surface area contributed by atoms with E-state index in [0.29, 0.717) is 5.91 Å². The lowest BCUT2D eigenvalue weighted by Gasteiger charge is -2.43. The first-order chi connectivity index (χ1) is 13.7. The van der Waals surface area contributed by atoms with Gasteiger partial charge in [-0.15, -0.1) is 0 Å². The number of anilines is 1. The van der Waals surface area contributed by atoms with E-state index in [9.17, 15) is 4.79 Å². The Morgan fingerprint density at radius 2 is 1.79 bits per heavy atom. The fourth-order valence-electron chi connectivity index (χ4n) is 4.46. The minimum absolute atomic E-state index is 0.150. The molecule has 2 aliphatic rings. The number of carbonyl (C=O) groups excluding carboxylic acids is 1. The molecule has 3 aromatic rings. The summed E-state index contributed by atoms with van der Waals surface area (Å²) in [6.07, 6.45) is 3.57. The van der Waals surface area contributed by atoms with E-state index in [1.165, 1.54) is 12.1 Å². The zero-order chi connectivity index (χ0) is 19.1. The van der Waals surface area contributed by atoms with Crippen molar-refractivity contribution < 1.29 is 4.79 Å². The number of aromatic nitrogens is 2. The molecule has 2 aromatic carbocycles. The highest BCUT2D eigenvalue weighted by molar-refractivity contribution is 5.83. The Morgan fingerprint density at radius 1 is 1.00 bits per heavy atom. The summed E-state index contributed by atoms with van der Waals surface area (Å²) in [4.78, 5) is 21.9. The lowest BCUT2D eigenvalue weighted by Crippen LogP contribution is -2.55. The van der Waals surface area contributed by atoms with E-state index in [1.807, 2.05) is 12.1 Å². The number of likely N-dealkylation sites (tertiary alicyclic amines) is 1. The molecule has 5 nitrogen and oxygen atoms in total. The summed E-state index contributed by atoms with van der Waals surface area (Å²) >= 11 is 0. The Bertz CT molecular complexity index is 1010. The number of fused-ring (bicyclic) bond motifs is 1. The first-order valence-electron chi connectivity index (χ1n) is 10.3. The molecule has 0 unspecified atom stereocenters. The number of aryl methyl sites for hydroxylation is 1. The summed E-state index contributed by atoms with van der Waals surface area (Å²) in [5.41, 5.74) is 4.44. The highest BCUT2D eigenvalue weighted by Gasteiger charge is 2.35. The van der Waals surface area contributed by atoms with Gasteiger partial charge in [0.25, 0.3) is 0 Å². The number of carbonyl (C=O) groups is 1. The van der Waals surface area contributed by atoms with Gasteiger partial charge in [-0.2, -0.15) is 0 Å². The van der Waals surface area contributed by atoms with Crippen LogP contribution in [0.3, 0.4) is 0 Å². The Kier molecular flexibility index (Phi) is 4.30. The SMILES string of the molecule is Cn1c(-c2cccc(N3CC(C(=O)N4CCCCC4)C3)c2)nc2ccccc21. The van der Waals surface area contributed by atoms with Crippen molar-refractivity contribution in [3.63, 3.8) is 0 Å². The van der Waals surface area contributed by atoms with Gasteiger partial charge in [0, 0.05) is 44.5 Å². The number of piperidine rings is 1. The third-order valence-electron chi connectivity index (χ3n) is 6.16. The van der Waals surface area contributed by atoms with Gasteiger partial charge in [-0.05, 0) is 43.5 Å². The molecule has 0 spiro atoms. The van der Waals surface area contributed by atoms with Crippen LogP contribution in [0.1, 0.15) is 19.3 Å². The molecule has 0 radical (unpaired) electrons. The minimum atomic E-state index is 0.150. The molecule has 0 N–H and O–H groups in total. The zero-order valence-corrected chi connectivity index (χ0v) is 16.3. The molecule has 1 aromatic heterocycles. The number of hydrogen-bond acceptors (Lipinski definition) is 3. The maximum absolute atomic E-state index is 12.7. The summed E-state index contributed by atoms with van der Waals surface area (Å²) in [5.74, 6) is 1.48. The van der Waals surface area contributed by atoms with Gasteiger partial charge in [-0.25, -0.2) is 4.98 Å². The van der Waals surface area contributed by atoms with Crippen molar-refractivity contribution in [3.8, 4) is 11.4 Å². The van der Waals surface area contributed by atoms with Gasteiger partial charge in [-0.1, -0.05) is 24.3 Å². The maximum Gasteiger partial charge on any atom is 0.229 e. The van der Waals surface area contributed by atoms with Crippen LogP contribution < -0.4 is 4.90 Å². The average molecular weight is 374 g/mol. The normalized spacial score (nSPS) is 17.8. The monoisotopic (exact) mass is 374 g/mol. The number of amides is 1. The second-order valence-electron chi connectivity index (χ2n) is 8.02. The van der Waals surface area contributed by atoms with Gasteiger partial charge in [0.2, 0.25) is 5.91 Å². The Balaban J connectivity index is 1.33. The number of para-hydroxylation sites is 2. The van der Waals surface area contributed by atoms with Crippen molar-refractivity contribution in [1.82, 2.24) is 14.5 Å². The van der Waals surface area contributed by atoms with Crippen LogP contribution in [0.25, 0.3) is 22.4 Å². The van der Waals surface area contributed by atoms with Crippen LogP contribution in [-0.2, 0) is 11.8 Å². The molecule has 5 rings (SSSR count). The summed E-state index contributed by atoms with van der Waals surface area (Å²) in [6, 6.07) is 16.7. The molecule has 3 heterocycles. The number of nitrogens with zero attached hydrogens (tertiary/aromatic N) is 4. The van der Waals surface area contributed by atoms with Crippen LogP contribution in [0.5, 0.6) is 0 Å². The van der Waals surface area contributed by atoms with Gasteiger partial charge in [-0.3, -0.25) is 4.79 Å². The van der Waals surface area contributed by atoms with Crippen LogP contribution in [0.4, 0.5) is 5.69 Å². The second kappa shape index (κ2) is 6.97. The van der Waals surface area contributed by atoms with Gasteiger partial charge in [0.1, 0.15) is 5.82 Å². The number of hydrogen-bond donors (Lipinski definition) is 0. The molecule has 0 saturated carbocycles. The topological polar surface area (TPSA) is 41.4 Å². The quantitative estimate of drug-likeness (QED) is 0.702. The molecular formula is C23H26N4O. The lowest BCUT2D eigenvalue weighted by atomic mass is 9.96. The molecule has 1 amide bonds. The third kappa shape index (κ3) is 2.95. The highest BCUT2D eigenvalue weighted by Crippen LogP contribution is 2.31. The Labute approximate surface area is 165 Å². The maximum atomic E-state index is 12.7. The fourth-order valence-corrected chi connectivity index (χ4v) is 4.46. The van der Waals surface area contributed by atoms with Crippen LogP contribution in [0, 0.1) is 5.92 Å². The van der Waals surface area contributed by atoms with Gasteiger partial charge in [0.15, 0.2) is 0 Å². The van der Waals surface area contributed by atoms with Crippen LogP contribution >= 0.6 is 0 Å². The standard InChI is InChI=1S/C23H26N4O/c1-25-21-11-4-3-10-20(21)24-22(25)17-8-7-9-19(14-17)27-15-18(16-27)23(28)26-12-5-2-6-13-26/h3-4,7-11,14,18H,2,5-6,12-13,15-16H2,1H3. The summed E-state index contributed by atoms with van der Waals surface area (Å²) in [6.45, 7) is 3.53. The minimum Gasteiger partial charge on any atom is -0.370 e. The summed E-state index contributed by atoms with van der Waals surface area (Å²) < 4.78 is 2.15. The van der Waals surface area contributed by atoms with Crippen LogP contribution in [-0.4, -0.2) is 46.5 Å². The molecule has 5 heteroatoms. The predicted molar refractivity (Wildman–Crippen MR) is 112 cm³/mol. The Morgan fingerprint density at radius 3 is 2.57 bits per heavy atom. The molecule has 2 saturated heterocycles. The molecule has 28 heavy (non-hydrogen) atoms. The van der Waals surface area contributed by atoms with Crippen molar-refractivity contribution in [3.05, 3.63) is 48.5 Å². The predicted octanol–water partition coefficient (Wildman–Crippen LogP) is 3.69. The fraction of sp³-hybridized carbons (Fsp3) is 0.391. The van der Waals surface area contributed by atoms with Crippen LogP contribution in [0.15, 0.2) is 48.5 Å². The van der Waals surface area contributed by atoms with E-state index in [0.717, 1.165) is 61.4 Å². The lowest BCUT2D eigenvalue weighted by molar-refractivity contribution is -0.137. The first kappa shape index (κ1) is 17.3. The zero-order valence-electron chi connectivity index (χ0n) is 16.3. The molecule has 2 aliphatic heterocycles. The van der Waals surface area contributed by atoms with Crippen LogP contribution in [0.2, 0.25) is 0 Å². The van der Waals surface area contributed by atoms with E-state index < -0.39 is 0 Å². The van der Waals surface area contributed by atoms with Gasteiger partial charge in [0.05, 0.1) is 17.0 Å². The van der Waals surface area contributed by atoms with Crippen molar-refractivity contribution in [1.29, 1.82) is 0 Å². The number of imidazole rings is 1. The van der Waals surface area contributed by atoms with Crippen molar-refractivity contribution in [2.75, 3.05) is 31.1 Å². The molecule has 0 aliphatic carbocycles. The van der Waals surface area contributed by atoms with Gasteiger partial charge < -0.3 is 14.4 Å².